The fourth-order valence-corrected chi connectivity index (χ4v) is 2.13. The van der Waals surface area contributed by atoms with Gasteiger partial charge in [-0.05, 0) is 37.1 Å². The molecule has 0 aliphatic carbocycles. The van der Waals surface area contributed by atoms with E-state index in [-0.39, 0.29) is 5.91 Å². The number of hydrogen-bond acceptors (Lipinski definition) is 5. The van der Waals surface area contributed by atoms with Crippen molar-refractivity contribution in [3.8, 4) is 5.75 Å². The molecular weight excluding hydrogens is 304 g/mol. The maximum Gasteiger partial charge on any atom is 0.270 e. The SMILES string of the molecule is C=CCNc1nc(C)cc(C(=O)NCCc2ccc(OC)cc2)n1. The number of amides is 1. The lowest BCUT2D eigenvalue weighted by atomic mass is 10.1. The number of nitrogens with one attached hydrogen (secondary N) is 2. The van der Waals surface area contributed by atoms with Crippen LogP contribution in [0.3, 0.4) is 0 Å². The molecule has 0 atom stereocenters. The van der Waals surface area contributed by atoms with Gasteiger partial charge in [0.05, 0.1) is 7.11 Å². The summed E-state index contributed by atoms with van der Waals surface area (Å²) in [6.45, 7) is 6.53. The van der Waals surface area contributed by atoms with Crippen LogP contribution >= 0.6 is 0 Å². The molecule has 0 bridgehead atoms. The molecule has 0 fully saturated rings. The maximum atomic E-state index is 12.2. The third kappa shape index (κ3) is 5.08. The fraction of sp³-hybridized carbons (Fsp3) is 0.278. The van der Waals surface area contributed by atoms with E-state index in [0.29, 0.717) is 24.7 Å². The van der Waals surface area contributed by atoms with Crippen molar-refractivity contribution in [2.45, 2.75) is 13.3 Å². The highest BCUT2D eigenvalue weighted by Crippen LogP contribution is 2.11. The van der Waals surface area contributed by atoms with E-state index in [1.807, 2.05) is 31.2 Å². The normalized spacial score (nSPS) is 10.1. The number of methoxy groups -OCH3 is 1. The molecule has 1 aromatic heterocycles. The average Bonchev–Trinajstić information content (AvgIpc) is 2.60. The summed E-state index contributed by atoms with van der Waals surface area (Å²) in [6, 6.07) is 9.45. The molecule has 1 aromatic carbocycles. The van der Waals surface area contributed by atoms with Crippen molar-refractivity contribution in [1.82, 2.24) is 15.3 Å². The minimum Gasteiger partial charge on any atom is -0.497 e. The number of hydrogen-bond donors (Lipinski definition) is 2. The zero-order valence-corrected chi connectivity index (χ0v) is 14.0. The molecule has 0 radical (unpaired) electrons. The maximum absolute atomic E-state index is 12.2. The van der Waals surface area contributed by atoms with Crippen LogP contribution in [-0.2, 0) is 6.42 Å². The Kier molecular flexibility index (Phi) is 6.31. The first-order chi connectivity index (χ1) is 11.6. The van der Waals surface area contributed by atoms with Crippen molar-refractivity contribution in [1.29, 1.82) is 0 Å². The lowest BCUT2D eigenvalue weighted by molar-refractivity contribution is 0.0949. The second-order valence-corrected chi connectivity index (χ2v) is 5.24. The number of nitrogens with zero attached hydrogens (tertiary/aromatic N) is 2. The average molecular weight is 326 g/mol. The molecule has 0 aliphatic heterocycles. The Morgan fingerprint density at radius 3 is 2.71 bits per heavy atom. The predicted molar refractivity (Wildman–Crippen MR) is 94.5 cm³/mol. The topological polar surface area (TPSA) is 76.1 Å². The van der Waals surface area contributed by atoms with Crippen molar-refractivity contribution in [2.24, 2.45) is 0 Å². The van der Waals surface area contributed by atoms with Gasteiger partial charge in [0.25, 0.3) is 5.91 Å². The van der Waals surface area contributed by atoms with Gasteiger partial charge in [-0.25, -0.2) is 9.97 Å². The molecule has 126 valence electrons. The molecule has 1 heterocycles. The number of rotatable bonds is 8. The van der Waals surface area contributed by atoms with Crippen molar-refractivity contribution < 1.29 is 9.53 Å². The van der Waals surface area contributed by atoms with E-state index < -0.39 is 0 Å². The van der Waals surface area contributed by atoms with E-state index in [2.05, 4.69) is 27.2 Å². The highest BCUT2D eigenvalue weighted by Gasteiger charge is 2.10. The van der Waals surface area contributed by atoms with E-state index in [9.17, 15) is 4.79 Å². The van der Waals surface area contributed by atoms with Crippen LogP contribution < -0.4 is 15.4 Å². The summed E-state index contributed by atoms with van der Waals surface area (Å²) in [6.07, 6.45) is 2.45. The number of ether oxygens (including phenoxy) is 1. The Bertz CT molecular complexity index is 699. The van der Waals surface area contributed by atoms with E-state index in [4.69, 9.17) is 4.74 Å². The van der Waals surface area contributed by atoms with Gasteiger partial charge in [0, 0.05) is 18.8 Å². The second-order valence-electron chi connectivity index (χ2n) is 5.24. The summed E-state index contributed by atoms with van der Waals surface area (Å²) in [7, 11) is 1.64. The monoisotopic (exact) mass is 326 g/mol. The standard InChI is InChI=1S/C18H22N4O2/c1-4-10-20-18-21-13(2)12-16(22-18)17(23)19-11-9-14-5-7-15(24-3)8-6-14/h4-8,12H,1,9-11H2,2-3H3,(H,19,23)(H,20,21,22). The van der Waals surface area contributed by atoms with Crippen LogP contribution in [-0.4, -0.2) is 36.1 Å². The number of aryl methyl sites for hydroxylation is 1. The first-order valence-corrected chi connectivity index (χ1v) is 7.74. The van der Waals surface area contributed by atoms with E-state index in [1.165, 1.54) is 0 Å². The van der Waals surface area contributed by atoms with Crippen LogP contribution in [0.15, 0.2) is 43.0 Å². The minimum absolute atomic E-state index is 0.212. The smallest absolute Gasteiger partial charge is 0.270 e. The Morgan fingerprint density at radius 1 is 1.29 bits per heavy atom. The van der Waals surface area contributed by atoms with Crippen LogP contribution in [0, 0.1) is 6.92 Å². The Hall–Kier alpha value is -2.89. The van der Waals surface area contributed by atoms with Crippen molar-refractivity contribution >= 4 is 11.9 Å². The molecule has 6 heteroatoms. The van der Waals surface area contributed by atoms with Crippen molar-refractivity contribution in [3.05, 3.63) is 59.9 Å². The van der Waals surface area contributed by atoms with Crippen LogP contribution in [0.5, 0.6) is 5.75 Å². The molecule has 2 rings (SSSR count). The van der Waals surface area contributed by atoms with Crippen LogP contribution in [0.25, 0.3) is 0 Å². The Morgan fingerprint density at radius 2 is 2.04 bits per heavy atom. The molecule has 0 spiro atoms. The molecule has 2 aromatic rings. The van der Waals surface area contributed by atoms with Crippen molar-refractivity contribution in [3.63, 3.8) is 0 Å². The summed E-state index contributed by atoms with van der Waals surface area (Å²) in [4.78, 5) is 20.7. The van der Waals surface area contributed by atoms with Crippen LogP contribution in [0.2, 0.25) is 0 Å². The Labute approximate surface area is 142 Å². The van der Waals surface area contributed by atoms with Gasteiger partial charge in [-0.1, -0.05) is 18.2 Å². The van der Waals surface area contributed by atoms with E-state index >= 15 is 0 Å². The van der Waals surface area contributed by atoms with E-state index in [0.717, 1.165) is 23.4 Å². The van der Waals surface area contributed by atoms with Gasteiger partial charge in [-0.2, -0.15) is 0 Å². The number of benzene rings is 1. The first-order valence-electron chi connectivity index (χ1n) is 7.74. The van der Waals surface area contributed by atoms with Gasteiger partial charge in [-0.3, -0.25) is 4.79 Å². The quantitative estimate of drug-likeness (QED) is 0.728. The first kappa shape index (κ1) is 17.5. The number of aromatic nitrogens is 2. The van der Waals surface area contributed by atoms with Gasteiger partial charge in [0.2, 0.25) is 5.95 Å². The summed E-state index contributed by atoms with van der Waals surface area (Å²) in [5.74, 6) is 1.03. The number of carbonyl (C=O) groups is 1. The molecular formula is C18H22N4O2. The third-order valence-corrected chi connectivity index (χ3v) is 3.35. The molecule has 1 amide bonds. The zero-order valence-electron chi connectivity index (χ0n) is 14.0. The van der Waals surface area contributed by atoms with Gasteiger partial charge < -0.3 is 15.4 Å². The second kappa shape index (κ2) is 8.67. The van der Waals surface area contributed by atoms with Crippen LogP contribution in [0.4, 0.5) is 5.95 Å². The zero-order chi connectivity index (χ0) is 17.4. The number of carbonyl (C=O) groups excluding carboxylic acids is 1. The molecule has 2 N–H and O–H groups in total. The lowest BCUT2D eigenvalue weighted by Gasteiger charge is -2.08. The molecule has 0 saturated heterocycles. The summed E-state index contributed by atoms with van der Waals surface area (Å²) in [5, 5.41) is 5.87. The highest BCUT2D eigenvalue weighted by atomic mass is 16.5. The van der Waals surface area contributed by atoms with Crippen molar-refractivity contribution in [2.75, 3.05) is 25.5 Å². The summed E-state index contributed by atoms with van der Waals surface area (Å²) in [5.41, 5.74) is 2.21. The minimum atomic E-state index is -0.212. The molecule has 0 unspecified atom stereocenters. The third-order valence-electron chi connectivity index (χ3n) is 3.35. The largest absolute Gasteiger partial charge is 0.497 e. The van der Waals surface area contributed by atoms with Crippen LogP contribution in [0.1, 0.15) is 21.7 Å². The molecule has 24 heavy (non-hydrogen) atoms. The number of anilines is 1. The van der Waals surface area contributed by atoms with E-state index in [1.54, 1.807) is 19.3 Å². The fourth-order valence-electron chi connectivity index (χ4n) is 2.13. The summed E-state index contributed by atoms with van der Waals surface area (Å²) < 4.78 is 5.12. The van der Waals surface area contributed by atoms with Gasteiger partial charge in [0.15, 0.2) is 0 Å². The highest BCUT2D eigenvalue weighted by molar-refractivity contribution is 5.92. The summed E-state index contributed by atoms with van der Waals surface area (Å²) >= 11 is 0. The molecule has 0 aliphatic rings. The van der Waals surface area contributed by atoms with Gasteiger partial charge in [-0.15, -0.1) is 6.58 Å². The van der Waals surface area contributed by atoms with Gasteiger partial charge in [0.1, 0.15) is 11.4 Å². The molecule has 6 nitrogen and oxygen atoms in total. The predicted octanol–water partition coefficient (Wildman–Crippen LogP) is 2.36. The Balaban J connectivity index is 1.91. The van der Waals surface area contributed by atoms with Gasteiger partial charge >= 0.3 is 0 Å². The molecule has 0 saturated carbocycles. The lowest BCUT2D eigenvalue weighted by Crippen LogP contribution is -2.27.